The molecule has 3 aliphatic rings. The van der Waals surface area contributed by atoms with Crippen LogP contribution in [-0.4, -0.2) is 31.1 Å². The Hall–Kier alpha value is -3.56. The second-order valence-electron chi connectivity index (χ2n) is 8.64. The molecule has 4 aromatic rings. The predicted molar refractivity (Wildman–Crippen MR) is 112 cm³/mol. The SMILES string of the molecule is O=c1cc([C@H]2C3CCC(CC3)[C@@H]2Nc2nc(-c3c[nH]c4ncc(F)cc34)ncc2F)[nH]o1. The largest absolute Gasteiger partial charge is 0.364 e. The van der Waals surface area contributed by atoms with Crippen molar-refractivity contribution in [1.29, 1.82) is 0 Å². The summed E-state index contributed by atoms with van der Waals surface area (Å²) in [6, 6.07) is 2.73. The van der Waals surface area contributed by atoms with E-state index in [1.807, 2.05) is 0 Å². The molecule has 3 fully saturated rings. The third-order valence-electron chi connectivity index (χ3n) is 6.91. The first-order valence-corrected chi connectivity index (χ1v) is 10.7. The second-order valence-corrected chi connectivity index (χ2v) is 8.64. The zero-order chi connectivity index (χ0) is 21.8. The Labute approximate surface area is 180 Å². The Morgan fingerprint density at radius 2 is 1.88 bits per heavy atom. The molecular weight excluding hydrogens is 418 g/mol. The quantitative estimate of drug-likeness (QED) is 0.445. The fraction of sp³-hybridized carbons (Fsp3) is 0.364. The summed E-state index contributed by atoms with van der Waals surface area (Å²) in [5.74, 6) is 0.000182. The van der Waals surface area contributed by atoms with Gasteiger partial charge < -0.3 is 14.8 Å². The summed E-state index contributed by atoms with van der Waals surface area (Å²) in [6.45, 7) is 0. The number of aromatic nitrogens is 5. The molecule has 2 bridgehead atoms. The van der Waals surface area contributed by atoms with Gasteiger partial charge in [0, 0.05) is 35.2 Å². The number of pyridine rings is 1. The fourth-order valence-corrected chi connectivity index (χ4v) is 5.48. The molecule has 7 rings (SSSR count). The van der Waals surface area contributed by atoms with Crippen LogP contribution in [-0.2, 0) is 0 Å². The summed E-state index contributed by atoms with van der Waals surface area (Å²) < 4.78 is 33.4. The maximum absolute atomic E-state index is 14.8. The molecule has 3 N–H and O–H groups in total. The van der Waals surface area contributed by atoms with Crippen molar-refractivity contribution in [2.45, 2.75) is 37.6 Å². The van der Waals surface area contributed by atoms with Crippen molar-refractivity contribution in [2.24, 2.45) is 11.8 Å². The van der Waals surface area contributed by atoms with E-state index in [0.717, 1.165) is 43.8 Å². The number of nitrogens with one attached hydrogen (secondary N) is 3. The van der Waals surface area contributed by atoms with Crippen LogP contribution in [0.1, 0.15) is 37.3 Å². The van der Waals surface area contributed by atoms with Gasteiger partial charge in [0.25, 0.3) is 0 Å². The summed E-state index contributed by atoms with van der Waals surface area (Å²) in [5, 5.41) is 6.58. The summed E-state index contributed by atoms with van der Waals surface area (Å²) in [6.07, 6.45) is 8.07. The Morgan fingerprint density at radius 1 is 1.06 bits per heavy atom. The number of hydrogen-bond donors (Lipinski definition) is 3. The topological polar surface area (TPSA) is 112 Å². The third kappa shape index (κ3) is 3.09. The van der Waals surface area contributed by atoms with Gasteiger partial charge in [-0.25, -0.2) is 33.7 Å². The average molecular weight is 438 g/mol. The molecule has 0 spiro atoms. The van der Waals surface area contributed by atoms with Gasteiger partial charge in [-0.05, 0) is 43.6 Å². The Bertz CT molecular complexity index is 1350. The van der Waals surface area contributed by atoms with Crippen LogP contribution in [0, 0.1) is 23.5 Å². The smallest absolute Gasteiger partial charge is 0.357 e. The fourth-order valence-electron chi connectivity index (χ4n) is 5.48. The number of hydrogen-bond acceptors (Lipinski definition) is 6. The zero-order valence-electron chi connectivity index (χ0n) is 16.9. The van der Waals surface area contributed by atoms with Crippen molar-refractivity contribution >= 4 is 16.9 Å². The first kappa shape index (κ1) is 19.1. The molecule has 0 saturated heterocycles. The maximum atomic E-state index is 14.8. The molecule has 0 radical (unpaired) electrons. The number of nitrogens with zero attached hydrogens (tertiary/aromatic N) is 3. The summed E-state index contributed by atoms with van der Waals surface area (Å²) in [7, 11) is 0. The van der Waals surface area contributed by atoms with Crippen molar-refractivity contribution in [1.82, 2.24) is 25.1 Å². The Morgan fingerprint density at radius 3 is 2.66 bits per heavy atom. The van der Waals surface area contributed by atoms with Gasteiger partial charge in [-0.2, -0.15) is 0 Å². The predicted octanol–water partition coefficient (Wildman–Crippen LogP) is 3.96. The molecule has 3 saturated carbocycles. The molecule has 4 aromatic heterocycles. The molecule has 32 heavy (non-hydrogen) atoms. The number of fused-ring (bicyclic) bond motifs is 4. The Kier molecular flexibility index (Phi) is 4.34. The highest BCUT2D eigenvalue weighted by Gasteiger charge is 2.45. The van der Waals surface area contributed by atoms with Crippen molar-refractivity contribution in [3.8, 4) is 11.4 Å². The highest BCUT2D eigenvalue weighted by molar-refractivity contribution is 5.91. The Balaban J connectivity index is 1.38. The lowest BCUT2D eigenvalue weighted by Gasteiger charge is -2.48. The lowest BCUT2D eigenvalue weighted by molar-refractivity contribution is 0.121. The normalized spacial score (nSPS) is 24.8. The third-order valence-corrected chi connectivity index (χ3v) is 6.91. The van der Waals surface area contributed by atoms with Crippen LogP contribution in [0.5, 0.6) is 0 Å². The minimum atomic E-state index is -0.571. The van der Waals surface area contributed by atoms with Crippen molar-refractivity contribution in [3.05, 3.63) is 58.5 Å². The molecule has 0 unspecified atom stereocenters. The lowest BCUT2D eigenvalue weighted by Crippen LogP contribution is -2.47. The number of aromatic amines is 2. The molecule has 3 aliphatic carbocycles. The first-order valence-electron chi connectivity index (χ1n) is 10.7. The van der Waals surface area contributed by atoms with E-state index in [9.17, 15) is 13.6 Å². The minimum Gasteiger partial charge on any atom is -0.364 e. The summed E-state index contributed by atoms with van der Waals surface area (Å²) in [4.78, 5) is 27.2. The molecule has 164 valence electrons. The molecule has 10 heteroatoms. The van der Waals surface area contributed by atoms with Crippen LogP contribution in [0.4, 0.5) is 14.6 Å². The number of H-pyrrole nitrogens is 2. The van der Waals surface area contributed by atoms with E-state index in [-0.39, 0.29) is 23.6 Å². The van der Waals surface area contributed by atoms with Crippen molar-refractivity contribution in [3.63, 3.8) is 0 Å². The molecule has 4 heterocycles. The van der Waals surface area contributed by atoms with Crippen LogP contribution in [0.15, 0.2) is 40.0 Å². The molecular formula is C22H20F2N6O2. The maximum Gasteiger partial charge on any atom is 0.357 e. The van der Waals surface area contributed by atoms with Crippen molar-refractivity contribution < 1.29 is 13.3 Å². The molecule has 0 aromatic carbocycles. The number of rotatable bonds is 4. The van der Waals surface area contributed by atoms with Gasteiger partial charge in [-0.15, -0.1) is 0 Å². The van der Waals surface area contributed by atoms with Crippen LogP contribution < -0.4 is 10.9 Å². The highest BCUT2D eigenvalue weighted by atomic mass is 19.1. The van der Waals surface area contributed by atoms with E-state index in [1.165, 1.54) is 12.1 Å². The molecule has 0 amide bonds. The summed E-state index contributed by atoms with van der Waals surface area (Å²) >= 11 is 0. The van der Waals surface area contributed by atoms with Crippen LogP contribution in [0.3, 0.4) is 0 Å². The monoisotopic (exact) mass is 438 g/mol. The van der Waals surface area contributed by atoms with Gasteiger partial charge >= 0.3 is 5.63 Å². The first-order chi connectivity index (χ1) is 15.6. The van der Waals surface area contributed by atoms with Gasteiger partial charge in [-0.3, -0.25) is 0 Å². The number of halogens is 2. The lowest BCUT2D eigenvalue weighted by atomic mass is 9.61. The minimum absolute atomic E-state index is 0.00171. The standard InChI is InChI=1S/C22H20F2N6O2/c23-12-5-13-14(8-26-20(13)25-7-12)21-27-9-15(24)22(29-21)28-19-11-3-1-10(2-4-11)18(19)16-6-17(31)32-30-16/h5-11,18-19,30H,1-4H2,(H,25,26)(H,27,28,29)/t10?,11?,18-,19+/m1/s1. The van der Waals surface area contributed by atoms with Gasteiger partial charge in [0.15, 0.2) is 17.5 Å². The zero-order valence-corrected chi connectivity index (χ0v) is 16.9. The van der Waals surface area contributed by atoms with E-state index in [0.29, 0.717) is 28.4 Å². The van der Waals surface area contributed by atoms with Crippen molar-refractivity contribution in [2.75, 3.05) is 5.32 Å². The van der Waals surface area contributed by atoms with Gasteiger partial charge in [-0.1, -0.05) is 0 Å². The van der Waals surface area contributed by atoms with E-state index >= 15 is 0 Å². The number of anilines is 1. The van der Waals surface area contributed by atoms with Crippen LogP contribution >= 0.6 is 0 Å². The van der Waals surface area contributed by atoms with E-state index in [2.05, 4.69) is 30.4 Å². The van der Waals surface area contributed by atoms with Gasteiger partial charge in [0.2, 0.25) is 0 Å². The van der Waals surface area contributed by atoms with E-state index in [1.54, 1.807) is 6.20 Å². The van der Waals surface area contributed by atoms with E-state index in [4.69, 9.17) is 4.52 Å². The second kappa shape index (κ2) is 7.25. The van der Waals surface area contributed by atoms with Gasteiger partial charge in [0.1, 0.15) is 11.5 Å². The molecule has 0 aliphatic heterocycles. The van der Waals surface area contributed by atoms with Gasteiger partial charge in [0.05, 0.1) is 18.1 Å². The molecule has 8 nitrogen and oxygen atoms in total. The highest BCUT2D eigenvalue weighted by Crippen LogP contribution is 2.50. The summed E-state index contributed by atoms with van der Waals surface area (Å²) in [5.41, 5.74) is 1.35. The van der Waals surface area contributed by atoms with E-state index < -0.39 is 17.3 Å². The average Bonchev–Trinajstić information content (AvgIpc) is 3.42. The van der Waals surface area contributed by atoms with Crippen LogP contribution in [0.2, 0.25) is 0 Å². The molecule has 2 atom stereocenters. The van der Waals surface area contributed by atoms with Crippen LogP contribution in [0.25, 0.3) is 22.4 Å².